The number of hydrogen-bond donors (Lipinski definition) is 0. The second-order valence-electron chi connectivity index (χ2n) is 1.56. The maximum atomic E-state index is 5.62. The molecule has 3 heteroatoms. The molecule has 9 heavy (non-hydrogen) atoms. The van der Waals surface area contributed by atoms with Crippen molar-refractivity contribution in [2.24, 2.45) is 0 Å². The third-order valence-corrected chi connectivity index (χ3v) is 1.76. The van der Waals surface area contributed by atoms with E-state index in [1.807, 2.05) is 12.1 Å². The van der Waals surface area contributed by atoms with Gasteiger partial charge in [-0.3, -0.25) is 0 Å². The number of halogens is 1. The second kappa shape index (κ2) is 3.38. The van der Waals surface area contributed by atoms with Crippen molar-refractivity contribution >= 4 is 11.6 Å². The molecule has 45 valence electrons. The van der Waals surface area contributed by atoms with E-state index in [2.05, 4.69) is 0 Å². The number of rotatable bonds is 1. The summed E-state index contributed by atoms with van der Waals surface area (Å²) in [5.74, 6) is 0.873. The first-order valence-electron chi connectivity index (χ1n) is 2.42. The van der Waals surface area contributed by atoms with Crippen LogP contribution < -0.4 is 2.81 Å². The molecule has 0 saturated heterocycles. The first-order valence-corrected chi connectivity index (χ1v) is 3.80. The van der Waals surface area contributed by atoms with Gasteiger partial charge in [-0.15, -0.1) is 0 Å². The molecule has 1 aromatic rings. The van der Waals surface area contributed by atoms with Crippen LogP contribution >= 0.6 is 11.6 Å². The van der Waals surface area contributed by atoms with Gasteiger partial charge in [0.15, 0.2) is 0 Å². The van der Waals surface area contributed by atoms with E-state index in [1.54, 1.807) is 12.1 Å². The molecule has 0 bridgehead atoms. The van der Waals surface area contributed by atoms with Crippen molar-refractivity contribution in [1.82, 2.24) is 0 Å². The van der Waals surface area contributed by atoms with E-state index >= 15 is 0 Å². The summed E-state index contributed by atoms with van der Waals surface area (Å²) in [6.07, 6.45) is 0. The van der Waals surface area contributed by atoms with Crippen LogP contribution in [0.5, 0.6) is 5.75 Å². The van der Waals surface area contributed by atoms with Gasteiger partial charge in [0.2, 0.25) is 0 Å². The quantitative estimate of drug-likeness (QED) is 0.702. The van der Waals surface area contributed by atoms with Gasteiger partial charge in [-0.2, -0.15) is 0 Å². The van der Waals surface area contributed by atoms with Crippen molar-refractivity contribution in [2.75, 3.05) is 0 Å². The Bertz CT molecular complexity index is 185. The molecular formula is C6H4ClOZr. The molecular weight excluding hydrogens is 215 g/mol. The third kappa shape index (κ3) is 2.11. The van der Waals surface area contributed by atoms with Gasteiger partial charge in [0.1, 0.15) is 0 Å². The predicted molar refractivity (Wildman–Crippen MR) is 32.1 cm³/mol. The van der Waals surface area contributed by atoms with Crippen molar-refractivity contribution in [2.45, 2.75) is 0 Å². The van der Waals surface area contributed by atoms with Crippen LogP contribution in [-0.4, -0.2) is 0 Å². The molecule has 0 atom stereocenters. The van der Waals surface area contributed by atoms with Crippen molar-refractivity contribution in [3.8, 4) is 5.75 Å². The van der Waals surface area contributed by atoms with Crippen LogP contribution in [0.3, 0.4) is 0 Å². The summed E-state index contributed by atoms with van der Waals surface area (Å²) in [5.41, 5.74) is 0. The standard InChI is InChI=1S/C6H5ClO.Zr/c7-5-1-3-6(8)4-2-5;/h1-4,8H;/q;+1/p-1. The van der Waals surface area contributed by atoms with Crippen molar-refractivity contribution < 1.29 is 28.0 Å². The van der Waals surface area contributed by atoms with Gasteiger partial charge in [0.05, 0.1) is 0 Å². The van der Waals surface area contributed by atoms with Crippen molar-refractivity contribution in [3.05, 3.63) is 29.3 Å². The Morgan fingerprint density at radius 2 is 1.78 bits per heavy atom. The average Bonchev–Trinajstić information content (AvgIpc) is 1.90. The van der Waals surface area contributed by atoms with Crippen LogP contribution in [-0.2, 0) is 25.2 Å². The average molecular weight is 219 g/mol. The Balaban J connectivity index is 2.88. The second-order valence-corrected chi connectivity index (χ2v) is 2.49. The zero-order chi connectivity index (χ0) is 6.69. The van der Waals surface area contributed by atoms with Crippen molar-refractivity contribution in [1.29, 1.82) is 0 Å². The van der Waals surface area contributed by atoms with E-state index in [-0.39, 0.29) is 0 Å². The molecule has 0 N–H and O–H groups in total. The van der Waals surface area contributed by atoms with Crippen LogP contribution in [0.25, 0.3) is 0 Å². The van der Waals surface area contributed by atoms with Crippen LogP contribution in [0.1, 0.15) is 0 Å². The van der Waals surface area contributed by atoms with Gasteiger partial charge in [-0.25, -0.2) is 0 Å². The monoisotopic (exact) mass is 217 g/mol. The van der Waals surface area contributed by atoms with Crippen LogP contribution in [0.4, 0.5) is 0 Å². The van der Waals surface area contributed by atoms with Crippen molar-refractivity contribution in [3.63, 3.8) is 0 Å². The minimum absolute atomic E-state index is 0.742. The molecule has 0 aliphatic carbocycles. The molecule has 0 unspecified atom stereocenters. The number of benzene rings is 1. The summed E-state index contributed by atoms with van der Waals surface area (Å²) in [7, 11) is 0. The van der Waals surface area contributed by atoms with Crippen LogP contribution in [0.15, 0.2) is 24.3 Å². The Kier molecular flexibility index (Phi) is 2.75. The normalized spacial score (nSPS) is 8.89. The molecule has 0 aliphatic rings. The first kappa shape index (κ1) is 7.30. The first-order chi connectivity index (χ1) is 4.33. The molecule has 0 aliphatic heterocycles. The molecule has 0 aromatic heterocycles. The Hall–Kier alpha value is 0.193. The molecule has 0 amide bonds. The van der Waals surface area contributed by atoms with E-state index in [4.69, 9.17) is 14.4 Å². The molecule has 0 saturated carbocycles. The van der Waals surface area contributed by atoms with E-state index in [9.17, 15) is 0 Å². The third-order valence-electron chi connectivity index (χ3n) is 0.931. The van der Waals surface area contributed by atoms with E-state index in [1.165, 1.54) is 0 Å². The van der Waals surface area contributed by atoms with E-state index in [0.29, 0.717) is 0 Å². The molecule has 1 nitrogen and oxygen atoms in total. The van der Waals surface area contributed by atoms with Gasteiger partial charge in [-0.05, 0) is 0 Å². The van der Waals surface area contributed by atoms with Gasteiger partial charge >= 0.3 is 74.6 Å². The van der Waals surface area contributed by atoms with Crippen LogP contribution in [0.2, 0.25) is 5.02 Å². The van der Waals surface area contributed by atoms with Gasteiger partial charge in [-0.1, -0.05) is 0 Å². The van der Waals surface area contributed by atoms with E-state index in [0.717, 1.165) is 35.9 Å². The van der Waals surface area contributed by atoms with Gasteiger partial charge < -0.3 is 0 Å². The zero-order valence-corrected chi connectivity index (χ0v) is 7.81. The van der Waals surface area contributed by atoms with Crippen LogP contribution in [0, 0.1) is 0 Å². The summed E-state index contributed by atoms with van der Waals surface area (Å²) >= 11 is 6.67. The molecule has 1 rings (SSSR count). The fourth-order valence-corrected chi connectivity index (χ4v) is 0.963. The topological polar surface area (TPSA) is 9.23 Å². The molecule has 0 fully saturated rings. The summed E-state index contributed by atoms with van der Waals surface area (Å²) in [4.78, 5) is 0. The zero-order valence-electron chi connectivity index (χ0n) is 4.60. The molecule has 0 spiro atoms. The summed E-state index contributed by atoms with van der Waals surface area (Å²) in [5, 5.41) is 0.742. The fourth-order valence-electron chi connectivity index (χ4n) is 0.503. The Morgan fingerprint density at radius 1 is 1.22 bits per heavy atom. The maximum absolute atomic E-state index is 5.62. The van der Waals surface area contributed by atoms with E-state index < -0.39 is 0 Å². The molecule has 0 heterocycles. The Labute approximate surface area is 74.4 Å². The van der Waals surface area contributed by atoms with Gasteiger partial charge in [0.25, 0.3) is 0 Å². The summed E-state index contributed by atoms with van der Waals surface area (Å²) in [6, 6.07) is 7.30. The Morgan fingerprint density at radius 3 is 2.22 bits per heavy atom. The van der Waals surface area contributed by atoms with Gasteiger partial charge in [0, 0.05) is 0 Å². The summed E-state index contributed by atoms with van der Waals surface area (Å²) in [6.45, 7) is 0. The number of hydrogen-bond acceptors (Lipinski definition) is 1. The molecule has 0 radical (unpaired) electrons. The summed E-state index contributed by atoms with van der Waals surface area (Å²) < 4.78 is 5.00. The SMILES string of the molecule is Clc1ccc([O][Zr])cc1. The molecule has 1 aromatic carbocycles. The predicted octanol–water partition coefficient (Wildman–Crippen LogP) is 2.18. The fraction of sp³-hybridized carbons (Fsp3) is 0. The minimum atomic E-state index is 0.742.